The summed E-state index contributed by atoms with van der Waals surface area (Å²) in [6.45, 7) is 5.71. The van der Waals surface area contributed by atoms with Gasteiger partial charge in [0, 0.05) is 19.6 Å². The van der Waals surface area contributed by atoms with Crippen LogP contribution in [0.3, 0.4) is 0 Å². The van der Waals surface area contributed by atoms with Gasteiger partial charge in [-0.15, -0.1) is 0 Å². The number of hydrogen-bond acceptors (Lipinski definition) is 2. The topological polar surface area (TPSA) is 79.5 Å². The first-order chi connectivity index (χ1) is 10.0. The summed E-state index contributed by atoms with van der Waals surface area (Å²) in [5.41, 5.74) is 5.72. The molecule has 1 aromatic carbocycles. The van der Waals surface area contributed by atoms with Crippen molar-refractivity contribution in [3.63, 3.8) is 0 Å². The highest BCUT2D eigenvalue weighted by molar-refractivity contribution is 5.94. The van der Waals surface area contributed by atoms with Crippen molar-refractivity contribution in [3.8, 4) is 0 Å². The first kappa shape index (κ1) is 16.9. The van der Waals surface area contributed by atoms with Gasteiger partial charge in [0.05, 0.1) is 5.56 Å². The van der Waals surface area contributed by atoms with Gasteiger partial charge in [0.1, 0.15) is 5.82 Å². The molecule has 21 heavy (non-hydrogen) atoms. The third kappa shape index (κ3) is 6.74. The number of aliphatic imine (C=N–C) groups is 1. The smallest absolute Gasteiger partial charge is 0.254 e. The number of nitrogens with zero attached hydrogens (tertiary/aromatic N) is 1. The fraction of sp³-hybridized carbons (Fsp3) is 0.467. The van der Waals surface area contributed by atoms with Crippen molar-refractivity contribution < 1.29 is 9.18 Å². The second-order valence-electron chi connectivity index (χ2n) is 5.11. The number of carbonyl (C=O) groups is 1. The van der Waals surface area contributed by atoms with Crippen LogP contribution in [0.4, 0.5) is 4.39 Å². The molecule has 0 unspecified atom stereocenters. The fourth-order valence-corrected chi connectivity index (χ4v) is 1.61. The molecule has 1 amide bonds. The Morgan fingerprint density at radius 2 is 1.95 bits per heavy atom. The molecule has 6 heteroatoms. The molecule has 0 fully saturated rings. The van der Waals surface area contributed by atoms with Gasteiger partial charge in [0.2, 0.25) is 0 Å². The number of carbonyl (C=O) groups excluding carboxylic acids is 1. The van der Waals surface area contributed by atoms with Crippen LogP contribution in [-0.4, -0.2) is 31.5 Å². The lowest BCUT2D eigenvalue weighted by Gasteiger charge is -2.08. The summed E-state index contributed by atoms with van der Waals surface area (Å²) in [4.78, 5) is 15.9. The van der Waals surface area contributed by atoms with Crippen LogP contribution >= 0.6 is 0 Å². The van der Waals surface area contributed by atoms with E-state index in [-0.39, 0.29) is 5.56 Å². The molecule has 0 aliphatic heterocycles. The zero-order valence-corrected chi connectivity index (χ0v) is 12.5. The number of amides is 1. The maximum atomic E-state index is 13.4. The molecule has 0 radical (unpaired) electrons. The summed E-state index contributed by atoms with van der Waals surface area (Å²) < 4.78 is 13.4. The predicted octanol–water partition coefficient (Wildman–Crippen LogP) is 1.51. The summed E-state index contributed by atoms with van der Waals surface area (Å²) in [5.74, 6) is -0.0275. The molecule has 0 aliphatic carbocycles. The lowest BCUT2D eigenvalue weighted by Crippen LogP contribution is -2.38. The highest BCUT2D eigenvalue weighted by Gasteiger charge is 2.09. The molecule has 4 N–H and O–H groups in total. The van der Waals surface area contributed by atoms with Crippen LogP contribution in [0.1, 0.15) is 30.6 Å². The molecule has 0 saturated carbocycles. The summed E-state index contributed by atoms with van der Waals surface area (Å²) in [7, 11) is 0. The van der Waals surface area contributed by atoms with Crippen LogP contribution in [0.2, 0.25) is 0 Å². The summed E-state index contributed by atoms with van der Waals surface area (Å²) >= 11 is 0. The number of guanidine groups is 1. The van der Waals surface area contributed by atoms with Gasteiger partial charge in [0.15, 0.2) is 5.96 Å². The Bertz CT molecular complexity index is 488. The minimum atomic E-state index is -0.530. The number of halogens is 1. The van der Waals surface area contributed by atoms with Crippen LogP contribution in [0.25, 0.3) is 0 Å². The van der Waals surface area contributed by atoms with Crippen molar-refractivity contribution in [1.29, 1.82) is 0 Å². The van der Waals surface area contributed by atoms with Gasteiger partial charge < -0.3 is 16.4 Å². The first-order valence-corrected chi connectivity index (χ1v) is 7.07. The zero-order valence-electron chi connectivity index (χ0n) is 12.5. The van der Waals surface area contributed by atoms with Crippen LogP contribution in [0, 0.1) is 11.7 Å². The predicted molar refractivity (Wildman–Crippen MR) is 82.7 cm³/mol. The molecule has 0 aliphatic rings. The molecule has 116 valence electrons. The van der Waals surface area contributed by atoms with E-state index in [0.29, 0.717) is 31.5 Å². The van der Waals surface area contributed by atoms with Gasteiger partial charge in [-0.3, -0.25) is 9.79 Å². The SMILES string of the molecule is CC(C)CCN=C(N)NCCNC(=O)c1ccccc1F. The van der Waals surface area contributed by atoms with Crippen molar-refractivity contribution in [2.24, 2.45) is 16.6 Å². The van der Waals surface area contributed by atoms with Crippen molar-refractivity contribution >= 4 is 11.9 Å². The Kier molecular flexibility index (Phi) is 7.21. The van der Waals surface area contributed by atoms with Gasteiger partial charge >= 0.3 is 0 Å². The van der Waals surface area contributed by atoms with E-state index in [0.717, 1.165) is 6.42 Å². The van der Waals surface area contributed by atoms with Crippen LogP contribution in [-0.2, 0) is 0 Å². The van der Waals surface area contributed by atoms with Crippen molar-refractivity contribution in [2.75, 3.05) is 19.6 Å². The van der Waals surface area contributed by atoms with Gasteiger partial charge in [-0.1, -0.05) is 26.0 Å². The van der Waals surface area contributed by atoms with E-state index in [1.54, 1.807) is 12.1 Å². The van der Waals surface area contributed by atoms with Gasteiger partial charge in [-0.25, -0.2) is 4.39 Å². The number of nitrogens with one attached hydrogen (secondary N) is 2. The fourth-order valence-electron chi connectivity index (χ4n) is 1.61. The van der Waals surface area contributed by atoms with E-state index in [9.17, 15) is 9.18 Å². The monoisotopic (exact) mass is 294 g/mol. The molecule has 5 nitrogen and oxygen atoms in total. The Morgan fingerprint density at radius 3 is 2.62 bits per heavy atom. The lowest BCUT2D eigenvalue weighted by molar-refractivity contribution is 0.0950. The van der Waals surface area contributed by atoms with Crippen LogP contribution < -0.4 is 16.4 Å². The Morgan fingerprint density at radius 1 is 1.29 bits per heavy atom. The maximum Gasteiger partial charge on any atom is 0.254 e. The van der Waals surface area contributed by atoms with E-state index < -0.39 is 11.7 Å². The van der Waals surface area contributed by atoms with Crippen molar-refractivity contribution in [3.05, 3.63) is 35.6 Å². The highest BCUT2D eigenvalue weighted by Crippen LogP contribution is 2.05. The third-order valence-electron chi connectivity index (χ3n) is 2.82. The van der Waals surface area contributed by atoms with Crippen molar-refractivity contribution in [2.45, 2.75) is 20.3 Å². The van der Waals surface area contributed by atoms with Crippen LogP contribution in [0.15, 0.2) is 29.3 Å². The second kappa shape index (κ2) is 8.94. The molecule has 1 rings (SSSR count). The number of hydrogen-bond donors (Lipinski definition) is 3. The Labute approximate surface area is 124 Å². The summed E-state index contributed by atoms with van der Waals surface area (Å²) in [6, 6.07) is 5.87. The van der Waals surface area contributed by atoms with E-state index in [4.69, 9.17) is 5.73 Å². The van der Waals surface area contributed by atoms with Gasteiger partial charge in [0.25, 0.3) is 5.91 Å². The quantitative estimate of drug-likeness (QED) is 0.405. The number of rotatable bonds is 7. The standard InChI is InChI=1S/C15H23FN4O/c1-11(2)7-8-19-15(17)20-10-9-18-14(21)12-5-3-4-6-13(12)16/h3-6,11H,7-10H2,1-2H3,(H,18,21)(H3,17,19,20). The molecular formula is C15H23FN4O. The molecule has 0 bridgehead atoms. The molecular weight excluding hydrogens is 271 g/mol. The minimum Gasteiger partial charge on any atom is -0.370 e. The number of nitrogens with two attached hydrogens (primary N) is 1. The maximum absolute atomic E-state index is 13.4. The number of benzene rings is 1. The summed E-state index contributed by atoms with van der Waals surface area (Å²) in [5, 5.41) is 5.51. The second-order valence-corrected chi connectivity index (χ2v) is 5.11. The third-order valence-corrected chi connectivity index (χ3v) is 2.82. The first-order valence-electron chi connectivity index (χ1n) is 7.07. The van der Waals surface area contributed by atoms with E-state index in [1.807, 2.05) is 0 Å². The van der Waals surface area contributed by atoms with Gasteiger partial charge in [-0.05, 0) is 24.5 Å². The highest BCUT2D eigenvalue weighted by atomic mass is 19.1. The minimum absolute atomic E-state index is 0.0380. The average molecular weight is 294 g/mol. The molecule has 0 saturated heterocycles. The molecule has 1 aromatic rings. The zero-order chi connectivity index (χ0) is 15.7. The lowest BCUT2D eigenvalue weighted by atomic mass is 10.1. The molecule has 0 heterocycles. The molecule has 0 atom stereocenters. The van der Waals surface area contributed by atoms with Gasteiger partial charge in [-0.2, -0.15) is 0 Å². The van der Waals surface area contributed by atoms with E-state index >= 15 is 0 Å². The normalized spacial score (nSPS) is 11.5. The van der Waals surface area contributed by atoms with E-state index in [1.165, 1.54) is 12.1 Å². The van der Waals surface area contributed by atoms with E-state index in [2.05, 4.69) is 29.5 Å². The van der Waals surface area contributed by atoms with Crippen molar-refractivity contribution in [1.82, 2.24) is 10.6 Å². The van der Waals surface area contributed by atoms with Crippen LogP contribution in [0.5, 0.6) is 0 Å². The summed E-state index contributed by atoms with van der Waals surface area (Å²) in [6.07, 6.45) is 0.979. The molecule has 0 aromatic heterocycles. The Balaban J connectivity index is 2.25. The largest absolute Gasteiger partial charge is 0.370 e. The average Bonchev–Trinajstić information content (AvgIpc) is 2.43. The Hall–Kier alpha value is -2.11. The molecule has 0 spiro atoms.